The predicted molar refractivity (Wildman–Crippen MR) is 77.2 cm³/mol. The van der Waals surface area contributed by atoms with E-state index in [1.165, 1.54) is 11.3 Å². The lowest BCUT2D eigenvalue weighted by Gasteiger charge is -2.23. The van der Waals surface area contributed by atoms with Gasteiger partial charge in [0, 0.05) is 4.88 Å². The lowest BCUT2D eigenvalue weighted by molar-refractivity contribution is -0.120. The Morgan fingerprint density at radius 1 is 1.50 bits per heavy atom. The van der Waals surface area contributed by atoms with E-state index in [-0.39, 0.29) is 11.9 Å². The largest absolute Gasteiger partial charge is 0.301 e. The van der Waals surface area contributed by atoms with Gasteiger partial charge in [-0.05, 0) is 40.8 Å². The third-order valence-corrected chi connectivity index (χ3v) is 4.15. The van der Waals surface area contributed by atoms with Crippen LogP contribution >= 0.6 is 11.3 Å². The van der Waals surface area contributed by atoms with E-state index in [1.54, 1.807) is 0 Å². The average molecular weight is 269 g/mol. The fourth-order valence-electron chi connectivity index (χ4n) is 1.54. The van der Waals surface area contributed by atoms with Gasteiger partial charge in [-0.15, -0.1) is 11.3 Å². The molecule has 0 fully saturated rings. The summed E-state index contributed by atoms with van der Waals surface area (Å²) in [5, 5.41) is 3.59. The number of amides is 1. The van der Waals surface area contributed by atoms with Gasteiger partial charge in [-0.25, -0.2) is 4.98 Å². The zero-order valence-electron chi connectivity index (χ0n) is 11.9. The zero-order chi connectivity index (χ0) is 13.7. The van der Waals surface area contributed by atoms with Crippen LogP contribution in [0, 0.1) is 13.8 Å². The molecule has 0 saturated heterocycles. The Morgan fingerprint density at radius 3 is 2.67 bits per heavy atom. The summed E-state index contributed by atoms with van der Waals surface area (Å²) in [4.78, 5) is 19.6. The number of carbonyl (C=O) groups is 1. The van der Waals surface area contributed by atoms with E-state index >= 15 is 0 Å². The molecule has 1 unspecified atom stereocenters. The van der Waals surface area contributed by atoms with Gasteiger partial charge >= 0.3 is 0 Å². The molecule has 18 heavy (non-hydrogen) atoms. The Bertz CT molecular complexity index is 383. The van der Waals surface area contributed by atoms with Crippen LogP contribution in [-0.2, 0) is 4.79 Å². The SMILES string of the molecule is CCCCN(C)C(C)C(=O)Nc1nc(C)c(C)s1. The predicted octanol–water partition coefficient (Wildman–Crippen LogP) is 2.82. The van der Waals surface area contributed by atoms with Crippen molar-refractivity contribution in [3.8, 4) is 0 Å². The molecule has 0 spiro atoms. The van der Waals surface area contributed by atoms with Crippen molar-refractivity contribution in [3.63, 3.8) is 0 Å². The van der Waals surface area contributed by atoms with E-state index < -0.39 is 0 Å². The second-order valence-electron chi connectivity index (χ2n) is 4.66. The minimum atomic E-state index is -0.124. The number of anilines is 1. The number of nitrogens with zero attached hydrogens (tertiary/aromatic N) is 2. The van der Waals surface area contributed by atoms with Gasteiger partial charge in [0.05, 0.1) is 11.7 Å². The second kappa shape index (κ2) is 6.85. The smallest absolute Gasteiger partial charge is 0.243 e. The number of carbonyl (C=O) groups excluding carboxylic acids is 1. The van der Waals surface area contributed by atoms with Crippen molar-refractivity contribution in [3.05, 3.63) is 10.6 Å². The zero-order valence-corrected chi connectivity index (χ0v) is 12.7. The molecule has 0 aliphatic carbocycles. The molecule has 0 aromatic carbocycles. The third kappa shape index (κ3) is 4.07. The number of rotatable bonds is 6. The van der Waals surface area contributed by atoms with Crippen molar-refractivity contribution in [2.45, 2.75) is 46.6 Å². The highest BCUT2D eigenvalue weighted by Crippen LogP contribution is 2.21. The molecular weight excluding hydrogens is 246 g/mol. The Labute approximate surface area is 113 Å². The fraction of sp³-hybridized carbons (Fsp3) is 0.692. The molecule has 102 valence electrons. The third-order valence-electron chi connectivity index (χ3n) is 3.16. The molecule has 1 amide bonds. The first-order valence-corrected chi connectivity index (χ1v) is 7.22. The Hall–Kier alpha value is -0.940. The first kappa shape index (κ1) is 15.1. The van der Waals surface area contributed by atoms with Gasteiger partial charge in [0.2, 0.25) is 5.91 Å². The van der Waals surface area contributed by atoms with Crippen LogP contribution in [0.4, 0.5) is 5.13 Å². The quantitative estimate of drug-likeness (QED) is 0.863. The Kier molecular flexibility index (Phi) is 5.75. The maximum Gasteiger partial charge on any atom is 0.243 e. The van der Waals surface area contributed by atoms with Crippen LogP contribution in [0.15, 0.2) is 0 Å². The Morgan fingerprint density at radius 2 is 2.17 bits per heavy atom. The summed E-state index contributed by atoms with van der Waals surface area (Å²) in [6.07, 6.45) is 2.26. The second-order valence-corrected chi connectivity index (χ2v) is 5.86. The minimum absolute atomic E-state index is 0.0161. The molecule has 0 aliphatic rings. The number of nitrogens with one attached hydrogen (secondary N) is 1. The summed E-state index contributed by atoms with van der Waals surface area (Å²) in [7, 11) is 1.98. The lowest BCUT2D eigenvalue weighted by atomic mass is 10.2. The van der Waals surface area contributed by atoms with Crippen molar-refractivity contribution >= 4 is 22.4 Å². The number of unbranched alkanes of at least 4 members (excludes halogenated alkanes) is 1. The molecule has 4 nitrogen and oxygen atoms in total. The molecule has 1 rings (SSSR count). The van der Waals surface area contributed by atoms with Crippen molar-refractivity contribution in [2.24, 2.45) is 0 Å². The average Bonchev–Trinajstić information content (AvgIpc) is 2.64. The summed E-state index contributed by atoms with van der Waals surface area (Å²) in [5.74, 6) is 0.0161. The maximum absolute atomic E-state index is 12.1. The van der Waals surface area contributed by atoms with Crippen LogP contribution in [-0.4, -0.2) is 35.4 Å². The summed E-state index contributed by atoms with van der Waals surface area (Å²) < 4.78 is 0. The van der Waals surface area contributed by atoms with E-state index in [0.717, 1.165) is 30.0 Å². The van der Waals surface area contributed by atoms with Crippen LogP contribution in [0.5, 0.6) is 0 Å². The summed E-state index contributed by atoms with van der Waals surface area (Å²) in [5.41, 5.74) is 0.988. The number of likely N-dealkylation sites (N-methyl/N-ethyl adjacent to an activating group) is 1. The number of hydrogen-bond acceptors (Lipinski definition) is 4. The highest BCUT2D eigenvalue weighted by molar-refractivity contribution is 7.15. The van der Waals surface area contributed by atoms with Crippen LogP contribution in [0.2, 0.25) is 0 Å². The Balaban J connectivity index is 2.54. The highest BCUT2D eigenvalue weighted by atomic mass is 32.1. The number of hydrogen-bond donors (Lipinski definition) is 1. The molecule has 1 atom stereocenters. The van der Waals surface area contributed by atoms with Gasteiger partial charge < -0.3 is 5.32 Å². The van der Waals surface area contributed by atoms with E-state index in [1.807, 2.05) is 27.8 Å². The van der Waals surface area contributed by atoms with Gasteiger partial charge in [0.15, 0.2) is 5.13 Å². The van der Waals surface area contributed by atoms with Crippen molar-refractivity contribution < 1.29 is 4.79 Å². The first-order valence-electron chi connectivity index (χ1n) is 6.40. The number of thiazole rings is 1. The summed E-state index contributed by atoms with van der Waals surface area (Å²) >= 11 is 1.53. The molecule has 0 bridgehead atoms. The standard InChI is InChI=1S/C13H23N3OS/c1-6-7-8-16(5)10(3)12(17)15-13-14-9(2)11(4)18-13/h10H,6-8H2,1-5H3,(H,14,15,17). The van der Waals surface area contributed by atoms with Crippen molar-refractivity contribution in [1.29, 1.82) is 0 Å². The van der Waals surface area contributed by atoms with Crippen LogP contribution in [0.1, 0.15) is 37.3 Å². The fourth-order valence-corrected chi connectivity index (χ4v) is 2.35. The molecule has 0 aliphatic heterocycles. The first-order chi connectivity index (χ1) is 8.45. The van der Waals surface area contributed by atoms with Gasteiger partial charge in [-0.3, -0.25) is 9.69 Å². The topological polar surface area (TPSA) is 45.2 Å². The summed E-state index contributed by atoms with van der Waals surface area (Å²) in [6, 6.07) is -0.124. The number of aromatic nitrogens is 1. The van der Waals surface area contributed by atoms with Crippen LogP contribution in [0.3, 0.4) is 0 Å². The van der Waals surface area contributed by atoms with Crippen LogP contribution in [0.25, 0.3) is 0 Å². The molecular formula is C13H23N3OS. The maximum atomic E-state index is 12.1. The van der Waals surface area contributed by atoms with Gasteiger partial charge in [0.25, 0.3) is 0 Å². The molecule has 1 heterocycles. The molecule has 1 aromatic rings. The molecule has 1 aromatic heterocycles. The van der Waals surface area contributed by atoms with Gasteiger partial charge in [0.1, 0.15) is 0 Å². The summed E-state index contributed by atoms with van der Waals surface area (Å²) in [6.45, 7) is 9.00. The lowest BCUT2D eigenvalue weighted by Crippen LogP contribution is -2.40. The molecule has 0 saturated carbocycles. The van der Waals surface area contributed by atoms with E-state index in [0.29, 0.717) is 5.13 Å². The van der Waals surface area contributed by atoms with E-state index in [9.17, 15) is 4.79 Å². The highest BCUT2D eigenvalue weighted by Gasteiger charge is 2.18. The van der Waals surface area contributed by atoms with Crippen LogP contribution < -0.4 is 5.32 Å². The minimum Gasteiger partial charge on any atom is -0.301 e. The molecule has 1 N–H and O–H groups in total. The number of aryl methyl sites for hydroxylation is 2. The normalized spacial score (nSPS) is 12.8. The van der Waals surface area contributed by atoms with Gasteiger partial charge in [-0.2, -0.15) is 0 Å². The molecule has 0 radical (unpaired) electrons. The van der Waals surface area contributed by atoms with E-state index in [2.05, 4.69) is 22.1 Å². The van der Waals surface area contributed by atoms with Crippen molar-refractivity contribution in [2.75, 3.05) is 18.9 Å². The van der Waals surface area contributed by atoms with E-state index in [4.69, 9.17) is 0 Å². The van der Waals surface area contributed by atoms with Crippen molar-refractivity contribution in [1.82, 2.24) is 9.88 Å². The molecule has 5 heteroatoms. The van der Waals surface area contributed by atoms with Gasteiger partial charge in [-0.1, -0.05) is 13.3 Å². The monoisotopic (exact) mass is 269 g/mol.